The van der Waals surface area contributed by atoms with E-state index in [0.29, 0.717) is 5.92 Å². The normalized spacial score (nSPS) is 22.2. The maximum absolute atomic E-state index is 2.40. The van der Waals surface area contributed by atoms with Gasteiger partial charge in [-0.25, -0.2) is 0 Å². The summed E-state index contributed by atoms with van der Waals surface area (Å²) < 4.78 is 0. The molecule has 0 saturated carbocycles. The summed E-state index contributed by atoms with van der Waals surface area (Å²) in [6, 6.07) is 28.5. The van der Waals surface area contributed by atoms with Crippen molar-refractivity contribution >= 4 is 6.08 Å². The van der Waals surface area contributed by atoms with Gasteiger partial charge in [0.1, 0.15) is 0 Å². The molecule has 3 aromatic carbocycles. The Bertz CT molecular complexity index is 874. The highest BCUT2D eigenvalue weighted by molar-refractivity contribution is 5.67. The van der Waals surface area contributed by atoms with Crippen molar-refractivity contribution in [2.24, 2.45) is 0 Å². The highest BCUT2D eigenvalue weighted by Crippen LogP contribution is 2.49. The van der Waals surface area contributed by atoms with Crippen LogP contribution in [0.15, 0.2) is 84.9 Å². The van der Waals surface area contributed by atoms with Crippen LogP contribution in [0, 0.1) is 6.92 Å². The standard InChI is InChI=1S/C24H22/c1-18-10-9-15-22-21(18)16-17-24(2,20-13-7-4-8-14-20)23(22)19-11-5-3-6-12-19/h3-17,23H,1-2H3. The average molecular weight is 310 g/mol. The highest BCUT2D eigenvalue weighted by atomic mass is 14.4. The van der Waals surface area contributed by atoms with Crippen LogP contribution in [0.4, 0.5) is 0 Å². The number of hydrogen-bond acceptors (Lipinski definition) is 0. The lowest BCUT2D eigenvalue weighted by Gasteiger charge is -2.40. The fourth-order valence-electron chi connectivity index (χ4n) is 4.09. The molecule has 1 aliphatic carbocycles. The third kappa shape index (κ3) is 2.30. The van der Waals surface area contributed by atoms with Crippen LogP contribution in [-0.4, -0.2) is 0 Å². The van der Waals surface area contributed by atoms with E-state index in [2.05, 4.69) is 105 Å². The summed E-state index contributed by atoms with van der Waals surface area (Å²) in [5.74, 6) is 0.320. The van der Waals surface area contributed by atoms with Gasteiger partial charge in [0.15, 0.2) is 0 Å². The molecule has 0 heterocycles. The van der Waals surface area contributed by atoms with E-state index < -0.39 is 0 Å². The first-order valence-electron chi connectivity index (χ1n) is 8.59. The van der Waals surface area contributed by atoms with Crippen LogP contribution in [0.25, 0.3) is 6.08 Å². The molecule has 0 aliphatic heterocycles. The SMILES string of the molecule is Cc1cccc2c1C=CC(C)(c1ccccc1)C2c1ccccc1. The van der Waals surface area contributed by atoms with Gasteiger partial charge in [-0.1, -0.05) is 97.9 Å². The van der Waals surface area contributed by atoms with E-state index >= 15 is 0 Å². The monoisotopic (exact) mass is 310 g/mol. The van der Waals surface area contributed by atoms with E-state index in [-0.39, 0.29) is 5.41 Å². The van der Waals surface area contributed by atoms with Crippen LogP contribution in [0.1, 0.15) is 40.7 Å². The molecule has 4 rings (SSSR count). The maximum Gasteiger partial charge on any atom is 0.0224 e. The largest absolute Gasteiger partial charge is 0.0727 e. The first-order valence-corrected chi connectivity index (χ1v) is 8.59. The van der Waals surface area contributed by atoms with Gasteiger partial charge in [-0.05, 0) is 34.7 Å². The number of rotatable bonds is 2. The van der Waals surface area contributed by atoms with E-state index in [1.807, 2.05) is 0 Å². The zero-order valence-corrected chi connectivity index (χ0v) is 14.2. The van der Waals surface area contributed by atoms with E-state index in [4.69, 9.17) is 0 Å². The Balaban J connectivity index is 1.98. The summed E-state index contributed by atoms with van der Waals surface area (Å²) in [6.45, 7) is 4.57. The molecule has 0 nitrogen and oxygen atoms in total. The minimum Gasteiger partial charge on any atom is -0.0727 e. The highest BCUT2D eigenvalue weighted by Gasteiger charge is 2.39. The van der Waals surface area contributed by atoms with Crippen molar-refractivity contribution in [1.29, 1.82) is 0 Å². The van der Waals surface area contributed by atoms with Gasteiger partial charge in [-0.15, -0.1) is 0 Å². The Morgan fingerprint density at radius 2 is 1.42 bits per heavy atom. The fourth-order valence-corrected chi connectivity index (χ4v) is 4.09. The van der Waals surface area contributed by atoms with Gasteiger partial charge in [-0.2, -0.15) is 0 Å². The summed E-state index contributed by atoms with van der Waals surface area (Å²) in [5.41, 5.74) is 6.83. The zero-order chi connectivity index (χ0) is 16.6. The minimum atomic E-state index is -0.0522. The van der Waals surface area contributed by atoms with Gasteiger partial charge in [0, 0.05) is 11.3 Å². The molecule has 0 fully saturated rings. The molecule has 0 spiro atoms. The van der Waals surface area contributed by atoms with Gasteiger partial charge < -0.3 is 0 Å². The van der Waals surface area contributed by atoms with Gasteiger partial charge in [0.2, 0.25) is 0 Å². The zero-order valence-electron chi connectivity index (χ0n) is 14.2. The number of hydrogen-bond donors (Lipinski definition) is 0. The third-order valence-electron chi connectivity index (χ3n) is 5.39. The molecule has 24 heavy (non-hydrogen) atoms. The molecule has 0 radical (unpaired) electrons. The Kier molecular flexibility index (Phi) is 3.61. The van der Waals surface area contributed by atoms with Crippen LogP contribution < -0.4 is 0 Å². The Hall–Kier alpha value is -2.60. The molecule has 0 saturated heterocycles. The smallest absolute Gasteiger partial charge is 0.0224 e. The van der Waals surface area contributed by atoms with Crippen molar-refractivity contribution in [3.63, 3.8) is 0 Å². The van der Waals surface area contributed by atoms with Crippen molar-refractivity contribution in [2.45, 2.75) is 25.2 Å². The molecule has 118 valence electrons. The molecular weight excluding hydrogens is 288 g/mol. The van der Waals surface area contributed by atoms with Crippen molar-refractivity contribution in [3.8, 4) is 0 Å². The average Bonchev–Trinajstić information content (AvgIpc) is 2.63. The van der Waals surface area contributed by atoms with Crippen LogP contribution in [0.2, 0.25) is 0 Å². The summed E-state index contributed by atoms with van der Waals surface area (Å²) >= 11 is 0. The van der Waals surface area contributed by atoms with Crippen molar-refractivity contribution < 1.29 is 0 Å². The third-order valence-corrected chi connectivity index (χ3v) is 5.39. The second-order valence-corrected chi connectivity index (χ2v) is 6.90. The predicted molar refractivity (Wildman–Crippen MR) is 102 cm³/mol. The van der Waals surface area contributed by atoms with Gasteiger partial charge in [0.25, 0.3) is 0 Å². The summed E-state index contributed by atoms with van der Waals surface area (Å²) in [6.07, 6.45) is 4.71. The molecular formula is C24H22. The van der Waals surface area contributed by atoms with Crippen molar-refractivity contribution in [3.05, 3.63) is 113 Å². The topological polar surface area (TPSA) is 0 Å². The van der Waals surface area contributed by atoms with Gasteiger partial charge in [0.05, 0.1) is 0 Å². The molecule has 0 N–H and O–H groups in total. The summed E-state index contributed by atoms with van der Waals surface area (Å²) in [5, 5.41) is 0. The molecule has 0 heteroatoms. The Morgan fingerprint density at radius 1 is 0.750 bits per heavy atom. The maximum atomic E-state index is 2.40. The van der Waals surface area contributed by atoms with E-state index in [9.17, 15) is 0 Å². The second kappa shape index (κ2) is 5.79. The lowest BCUT2D eigenvalue weighted by atomic mass is 9.62. The summed E-state index contributed by atoms with van der Waals surface area (Å²) in [7, 11) is 0. The minimum absolute atomic E-state index is 0.0522. The molecule has 2 unspecified atom stereocenters. The molecule has 3 aromatic rings. The fraction of sp³-hybridized carbons (Fsp3) is 0.167. The van der Waals surface area contributed by atoms with Crippen molar-refractivity contribution in [2.75, 3.05) is 0 Å². The lowest BCUT2D eigenvalue weighted by molar-refractivity contribution is 0.513. The van der Waals surface area contributed by atoms with Crippen molar-refractivity contribution in [1.82, 2.24) is 0 Å². The first-order chi connectivity index (χ1) is 11.7. The molecule has 0 amide bonds. The molecule has 0 aromatic heterocycles. The number of benzene rings is 3. The quantitative estimate of drug-likeness (QED) is 0.535. The predicted octanol–water partition coefficient (Wildman–Crippen LogP) is 6.11. The van der Waals surface area contributed by atoms with E-state index in [1.165, 1.54) is 27.8 Å². The van der Waals surface area contributed by atoms with E-state index in [1.54, 1.807) is 0 Å². The Morgan fingerprint density at radius 3 is 2.12 bits per heavy atom. The van der Waals surface area contributed by atoms with Crippen LogP contribution in [0.3, 0.4) is 0 Å². The molecule has 0 bridgehead atoms. The second-order valence-electron chi connectivity index (χ2n) is 6.90. The lowest BCUT2D eigenvalue weighted by Crippen LogP contribution is -2.32. The van der Waals surface area contributed by atoms with Crippen LogP contribution in [-0.2, 0) is 5.41 Å². The summed E-state index contributed by atoms with van der Waals surface area (Å²) in [4.78, 5) is 0. The first kappa shape index (κ1) is 15.0. The molecule has 2 atom stereocenters. The van der Waals surface area contributed by atoms with E-state index in [0.717, 1.165) is 0 Å². The number of allylic oxidation sites excluding steroid dienone is 1. The number of fused-ring (bicyclic) bond motifs is 1. The number of aryl methyl sites for hydroxylation is 1. The van der Waals surface area contributed by atoms with Crippen LogP contribution in [0.5, 0.6) is 0 Å². The Labute approximate surface area is 144 Å². The van der Waals surface area contributed by atoms with Gasteiger partial charge in [-0.3, -0.25) is 0 Å². The molecule has 1 aliphatic rings. The van der Waals surface area contributed by atoms with Crippen LogP contribution >= 0.6 is 0 Å². The van der Waals surface area contributed by atoms with Gasteiger partial charge >= 0.3 is 0 Å².